The Hall–Kier alpha value is -1.91. The van der Waals surface area contributed by atoms with E-state index in [-0.39, 0.29) is 12.0 Å². The average molecular weight is 368 g/mol. The fourth-order valence-electron chi connectivity index (χ4n) is 2.13. The van der Waals surface area contributed by atoms with E-state index in [4.69, 9.17) is 32.7 Å². The highest BCUT2D eigenvalue weighted by Crippen LogP contribution is 2.37. The molecule has 0 heterocycles. The highest BCUT2D eigenvalue weighted by molar-refractivity contribution is 6.32. The first-order valence-corrected chi connectivity index (χ1v) is 8.23. The minimum Gasteiger partial charge on any atom is -0.493 e. The molecular formula is C18H19Cl2NO3. The van der Waals surface area contributed by atoms with Gasteiger partial charge in [0.15, 0.2) is 11.5 Å². The zero-order chi connectivity index (χ0) is 17.7. The molecule has 4 nitrogen and oxygen atoms in total. The van der Waals surface area contributed by atoms with Crippen molar-refractivity contribution >= 4 is 29.1 Å². The molecule has 0 aromatic heterocycles. The minimum absolute atomic E-state index is 0.0566. The van der Waals surface area contributed by atoms with Gasteiger partial charge in [-0.2, -0.15) is 0 Å². The lowest BCUT2D eigenvalue weighted by molar-refractivity contribution is 0.0950. The van der Waals surface area contributed by atoms with Crippen molar-refractivity contribution in [3.05, 3.63) is 57.6 Å². The van der Waals surface area contributed by atoms with E-state index >= 15 is 0 Å². The topological polar surface area (TPSA) is 47.6 Å². The Labute approximate surface area is 151 Å². The molecule has 24 heavy (non-hydrogen) atoms. The van der Waals surface area contributed by atoms with Gasteiger partial charge in [0.25, 0.3) is 5.91 Å². The van der Waals surface area contributed by atoms with Gasteiger partial charge in [-0.3, -0.25) is 4.79 Å². The Morgan fingerprint density at radius 2 is 1.96 bits per heavy atom. The molecular weight excluding hydrogens is 349 g/mol. The van der Waals surface area contributed by atoms with Gasteiger partial charge in [0.1, 0.15) is 0 Å². The zero-order valence-corrected chi connectivity index (χ0v) is 15.2. The van der Waals surface area contributed by atoms with Crippen LogP contribution in [0.15, 0.2) is 36.4 Å². The molecule has 0 spiro atoms. The van der Waals surface area contributed by atoms with Crippen molar-refractivity contribution in [2.45, 2.75) is 26.5 Å². The molecule has 0 unspecified atom stereocenters. The molecule has 2 aromatic rings. The maximum absolute atomic E-state index is 12.4. The van der Waals surface area contributed by atoms with Crippen LogP contribution in [-0.4, -0.2) is 19.1 Å². The predicted molar refractivity (Wildman–Crippen MR) is 96.4 cm³/mol. The second-order valence-electron chi connectivity index (χ2n) is 5.47. The maximum Gasteiger partial charge on any atom is 0.251 e. The third-order valence-electron chi connectivity index (χ3n) is 3.19. The lowest BCUT2D eigenvalue weighted by Crippen LogP contribution is -2.23. The van der Waals surface area contributed by atoms with Crippen molar-refractivity contribution in [3.8, 4) is 11.5 Å². The lowest BCUT2D eigenvalue weighted by Gasteiger charge is -2.16. The Morgan fingerprint density at radius 3 is 2.58 bits per heavy atom. The van der Waals surface area contributed by atoms with Gasteiger partial charge in [0.2, 0.25) is 0 Å². The second-order valence-corrected chi connectivity index (χ2v) is 6.31. The van der Waals surface area contributed by atoms with Gasteiger partial charge in [0, 0.05) is 17.1 Å². The van der Waals surface area contributed by atoms with Crippen LogP contribution in [0.1, 0.15) is 29.8 Å². The molecule has 0 saturated heterocycles. The summed E-state index contributed by atoms with van der Waals surface area (Å²) in [7, 11) is 1.51. The van der Waals surface area contributed by atoms with Crippen molar-refractivity contribution in [2.75, 3.05) is 7.11 Å². The number of ether oxygens (including phenoxy) is 2. The summed E-state index contributed by atoms with van der Waals surface area (Å²) in [4.78, 5) is 12.4. The summed E-state index contributed by atoms with van der Waals surface area (Å²) in [5, 5.41) is 3.78. The van der Waals surface area contributed by atoms with Crippen LogP contribution in [0.4, 0.5) is 0 Å². The molecule has 1 N–H and O–H groups in total. The Morgan fingerprint density at radius 1 is 1.21 bits per heavy atom. The van der Waals surface area contributed by atoms with Gasteiger partial charge in [-0.15, -0.1) is 0 Å². The zero-order valence-electron chi connectivity index (χ0n) is 13.7. The van der Waals surface area contributed by atoms with Gasteiger partial charge >= 0.3 is 0 Å². The number of carbonyl (C=O) groups is 1. The maximum atomic E-state index is 12.4. The van der Waals surface area contributed by atoms with Gasteiger partial charge in [0.05, 0.1) is 18.2 Å². The fourth-order valence-corrected chi connectivity index (χ4v) is 2.60. The molecule has 6 heteroatoms. The summed E-state index contributed by atoms with van der Waals surface area (Å²) < 4.78 is 10.9. The SMILES string of the molecule is COc1cc(C(=O)NCc2cccc(Cl)c2)cc(Cl)c1OC(C)C. The van der Waals surface area contributed by atoms with Crippen LogP contribution in [0, 0.1) is 0 Å². The Kier molecular flexibility index (Phi) is 6.35. The van der Waals surface area contributed by atoms with Crippen LogP contribution in [0.5, 0.6) is 11.5 Å². The van der Waals surface area contributed by atoms with Crippen molar-refractivity contribution < 1.29 is 14.3 Å². The van der Waals surface area contributed by atoms with E-state index in [0.717, 1.165) is 5.56 Å². The van der Waals surface area contributed by atoms with Crippen molar-refractivity contribution in [1.29, 1.82) is 0 Å². The largest absolute Gasteiger partial charge is 0.493 e. The molecule has 0 radical (unpaired) electrons. The van der Waals surface area contributed by atoms with Gasteiger partial charge in [-0.05, 0) is 43.7 Å². The smallest absolute Gasteiger partial charge is 0.251 e. The molecule has 0 bridgehead atoms. The Bertz CT molecular complexity index is 732. The number of rotatable bonds is 6. The van der Waals surface area contributed by atoms with E-state index in [0.29, 0.717) is 33.7 Å². The number of hydrogen-bond donors (Lipinski definition) is 1. The Balaban J connectivity index is 2.16. The van der Waals surface area contributed by atoms with E-state index in [1.165, 1.54) is 7.11 Å². The van der Waals surface area contributed by atoms with Crippen LogP contribution in [-0.2, 0) is 6.54 Å². The van der Waals surface area contributed by atoms with Gasteiger partial charge < -0.3 is 14.8 Å². The van der Waals surface area contributed by atoms with Gasteiger partial charge in [-0.25, -0.2) is 0 Å². The first-order chi connectivity index (χ1) is 11.4. The molecule has 2 aromatic carbocycles. The number of amides is 1. The van der Waals surface area contributed by atoms with Crippen molar-refractivity contribution in [3.63, 3.8) is 0 Å². The second kappa shape index (κ2) is 8.27. The number of halogens is 2. The van der Waals surface area contributed by atoms with Crippen molar-refractivity contribution in [2.24, 2.45) is 0 Å². The van der Waals surface area contributed by atoms with E-state index in [1.807, 2.05) is 26.0 Å². The predicted octanol–water partition coefficient (Wildman–Crippen LogP) is 4.72. The normalized spacial score (nSPS) is 10.6. The minimum atomic E-state index is -0.258. The van der Waals surface area contributed by atoms with Crippen LogP contribution in [0.25, 0.3) is 0 Å². The molecule has 1 amide bonds. The fraction of sp³-hybridized carbons (Fsp3) is 0.278. The summed E-state index contributed by atoms with van der Waals surface area (Å²) in [5.41, 5.74) is 1.31. The number of hydrogen-bond acceptors (Lipinski definition) is 3. The van der Waals surface area contributed by atoms with Crippen LogP contribution >= 0.6 is 23.2 Å². The summed E-state index contributed by atoms with van der Waals surface area (Å²) >= 11 is 12.2. The number of methoxy groups -OCH3 is 1. The van der Waals surface area contributed by atoms with Crippen LogP contribution in [0.2, 0.25) is 10.0 Å². The van der Waals surface area contributed by atoms with Crippen molar-refractivity contribution in [1.82, 2.24) is 5.32 Å². The van der Waals surface area contributed by atoms with E-state index in [2.05, 4.69) is 5.32 Å². The molecule has 2 rings (SSSR count). The monoisotopic (exact) mass is 367 g/mol. The molecule has 128 valence electrons. The highest BCUT2D eigenvalue weighted by atomic mass is 35.5. The summed E-state index contributed by atoms with van der Waals surface area (Å²) in [6.07, 6.45) is -0.0566. The number of benzene rings is 2. The highest BCUT2D eigenvalue weighted by Gasteiger charge is 2.16. The summed E-state index contributed by atoms with van der Waals surface area (Å²) in [6.45, 7) is 4.15. The standard InChI is InChI=1S/C18H19Cl2NO3/c1-11(2)24-17-15(20)8-13(9-16(17)23-3)18(22)21-10-12-5-4-6-14(19)7-12/h4-9,11H,10H2,1-3H3,(H,21,22). The van der Waals surface area contributed by atoms with Gasteiger partial charge in [-0.1, -0.05) is 35.3 Å². The summed E-state index contributed by atoms with van der Waals surface area (Å²) in [6, 6.07) is 10.5. The van der Waals surface area contributed by atoms with Crippen LogP contribution < -0.4 is 14.8 Å². The molecule has 0 fully saturated rings. The lowest BCUT2D eigenvalue weighted by atomic mass is 10.1. The number of nitrogens with one attached hydrogen (secondary N) is 1. The first kappa shape index (κ1) is 18.4. The first-order valence-electron chi connectivity index (χ1n) is 7.47. The molecule has 0 aliphatic rings. The van der Waals surface area contributed by atoms with E-state index < -0.39 is 0 Å². The van der Waals surface area contributed by atoms with Crippen LogP contribution in [0.3, 0.4) is 0 Å². The third-order valence-corrected chi connectivity index (χ3v) is 3.70. The number of carbonyl (C=O) groups excluding carboxylic acids is 1. The van der Waals surface area contributed by atoms with E-state index in [1.54, 1.807) is 24.3 Å². The molecule has 0 atom stereocenters. The summed E-state index contributed by atoms with van der Waals surface area (Å²) in [5.74, 6) is 0.593. The third kappa shape index (κ3) is 4.79. The molecule has 0 aliphatic carbocycles. The van der Waals surface area contributed by atoms with E-state index in [9.17, 15) is 4.79 Å². The quantitative estimate of drug-likeness (QED) is 0.803. The average Bonchev–Trinajstić information content (AvgIpc) is 2.54. The molecule has 0 saturated carbocycles. The molecule has 0 aliphatic heterocycles.